The zero-order chi connectivity index (χ0) is 13.2. The Morgan fingerprint density at radius 3 is 2.94 bits per heavy atom. The SMILES string of the molecule is COc1cccc(Cl)c1C(O)C1(C#N)CCOC1. The summed E-state index contributed by atoms with van der Waals surface area (Å²) in [6.45, 7) is 0.677. The Labute approximate surface area is 111 Å². The van der Waals surface area contributed by atoms with E-state index in [4.69, 9.17) is 21.1 Å². The van der Waals surface area contributed by atoms with Crippen molar-refractivity contribution in [1.29, 1.82) is 5.26 Å². The molecular weight excluding hydrogens is 254 g/mol. The number of aliphatic hydroxyl groups is 1. The third kappa shape index (κ3) is 2.05. The Morgan fingerprint density at radius 1 is 1.61 bits per heavy atom. The zero-order valence-corrected chi connectivity index (χ0v) is 10.8. The molecule has 1 aliphatic heterocycles. The minimum absolute atomic E-state index is 0.207. The Bertz CT molecular complexity index is 478. The van der Waals surface area contributed by atoms with E-state index in [1.807, 2.05) is 0 Å². The van der Waals surface area contributed by atoms with Gasteiger partial charge in [0.05, 0.1) is 24.8 Å². The summed E-state index contributed by atoms with van der Waals surface area (Å²) in [5, 5.41) is 20.2. The monoisotopic (exact) mass is 267 g/mol. The van der Waals surface area contributed by atoms with Crippen LogP contribution in [0.15, 0.2) is 18.2 Å². The average molecular weight is 268 g/mol. The molecule has 0 aliphatic carbocycles. The van der Waals surface area contributed by atoms with Crippen molar-refractivity contribution in [2.24, 2.45) is 5.41 Å². The second-order valence-corrected chi connectivity index (χ2v) is 4.74. The summed E-state index contributed by atoms with van der Waals surface area (Å²) in [5.41, 5.74) is -0.494. The number of methoxy groups -OCH3 is 1. The molecule has 0 aromatic heterocycles. The fourth-order valence-electron chi connectivity index (χ4n) is 2.18. The first kappa shape index (κ1) is 13.2. The number of halogens is 1. The van der Waals surface area contributed by atoms with Crippen LogP contribution in [0.4, 0.5) is 0 Å². The van der Waals surface area contributed by atoms with Gasteiger partial charge in [-0.25, -0.2) is 0 Å². The van der Waals surface area contributed by atoms with Gasteiger partial charge in [0.2, 0.25) is 0 Å². The van der Waals surface area contributed by atoms with Gasteiger partial charge in [-0.2, -0.15) is 5.26 Å². The number of rotatable bonds is 3. The van der Waals surface area contributed by atoms with Crippen LogP contribution < -0.4 is 4.74 Å². The van der Waals surface area contributed by atoms with E-state index < -0.39 is 11.5 Å². The molecule has 4 nitrogen and oxygen atoms in total. The van der Waals surface area contributed by atoms with Crippen molar-refractivity contribution in [3.63, 3.8) is 0 Å². The first-order chi connectivity index (χ1) is 8.64. The van der Waals surface area contributed by atoms with E-state index in [9.17, 15) is 10.4 Å². The third-order valence-corrected chi connectivity index (χ3v) is 3.63. The Hall–Kier alpha value is -1.28. The fraction of sp³-hybridized carbons (Fsp3) is 0.462. The van der Waals surface area contributed by atoms with Gasteiger partial charge < -0.3 is 14.6 Å². The standard InChI is InChI=1S/C13H14ClNO3/c1-17-10-4-2-3-9(14)11(10)12(16)13(7-15)5-6-18-8-13/h2-4,12,16H,5-6,8H2,1H3. The minimum atomic E-state index is -1.02. The molecule has 1 N–H and O–H groups in total. The molecule has 1 saturated heterocycles. The summed E-state index contributed by atoms with van der Waals surface area (Å²) in [5.74, 6) is 0.483. The quantitative estimate of drug-likeness (QED) is 0.913. The maximum absolute atomic E-state index is 10.5. The van der Waals surface area contributed by atoms with Crippen LogP contribution in [0.2, 0.25) is 5.02 Å². The van der Waals surface area contributed by atoms with Crippen molar-refractivity contribution in [2.45, 2.75) is 12.5 Å². The second kappa shape index (κ2) is 5.15. The summed E-state index contributed by atoms with van der Waals surface area (Å²) in [7, 11) is 1.51. The first-order valence-corrected chi connectivity index (χ1v) is 6.02. The molecule has 1 aromatic carbocycles. The van der Waals surface area contributed by atoms with Crippen LogP contribution in [-0.4, -0.2) is 25.4 Å². The normalized spacial score (nSPS) is 24.6. The fourth-order valence-corrected chi connectivity index (χ4v) is 2.45. The molecule has 96 valence electrons. The van der Waals surface area contributed by atoms with E-state index in [2.05, 4.69) is 6.07 Å². The summed E-state index contributed by atoms with van der Waals surface area (Å²) >= 11 is 6.11. The Morgan fingerprint density at radius 2 is 2.39 bits per heavy atom. The van der Waals surface area contributed by atoms with Gasteiger partial charge in [-0.05, 0) is 18.6 Å². The summed E-state index contributed by atoms with van der Waals surface area (Å²) < 4.78 is 10.4. The molecule has 18 heavy (non-hydrogen) atoms. The summed E-state index contributed by atoms with van der Waals surface area (Å²) in [6.07, 6.45) is -0.535. The molecule has 0 saturated carbocycles. The number of ether oxygens (including phenoxy) is 2. The van der Waals surface area contributed by atoms with Gasteiger partial charge in [0.15, 0.2) is 0 Å². The smallest absolute Gasteiger partial charge is 0.126 e. The van der Waals surface area contributed by atoms with E-state index in [0.29, 0.717) is 29.4 Å². The summed E-state index contributed by atoms with van der Waals surface area (Å²) in [4.78, 5) is 0. The number of nitrogens with zero attached hydrogens (tertiary/aromatic N) is 1. The molecule has 5 heteroatoms. The van der Waals surface area contributed by atoms with E-state index in [1.54, 1.807) is 18.2 Å². The van der Waals surface area contributed by atoms with E-state index in [-0.39, 0.29) is 6.61 Å². The molecular formula is C13H14ClNO3. The van der Waals surface area contributed by atoms with Crippen LogP contribution in [0, 0.1) is 16.7 Å². The predicted octanol–water partition coefficient (Wildman–Crippen LogP) is 2.31. The lowest BCUT2D eigenvalue weighted by Gasteiger charge is -2.27. The van der Waals surface area contributed by atoms with Crippen molar-refractivity contribution < 1.29 is 14.6 Å². The maximum Gasteiger partial charge on any atom is 0.126 e. The molecule has 1 heterocycles. The van der Waals surface area contributed by atoms with Crippen molar-refractivity contribution in [3.8, 4) is 11.8 Å². The van der Waals surface area contributed by atoms with Gasteiger partial charge in [0.25, 0.3) is 0 Å². The van der Waals surface area contributed by atoms with Gasteiger partial charge in [0.1, 0.15) is 17.3 Å². The topological polar surface area (TPSA) is 62.5 Å². The van der Waals surface area contributed by atoms with Crippen LogP contribution in [0.25, 0.3) is 0 Å². The number of hydrogen-bond donors (Lipinski definition) is 1. The van der Waals surface area contributed by atoms with Gasteiger partial charge in [-0.15, -0.1) is 0 Å². The first-order valence-electron chi connectivity index (χ1n) is 5.64. The van der Waals surface area contributed by atoms with Crippen LogP contribution in [0.5, 0.6) is 5.75 Å². The van der Waals surface area contributed by atoms with E-state index in [0.717, 1.165) is 0 Å². The lowest BCUT2D eigenvalue weighted by molar-refractivity contribution is 0.0487. The molecule has 1 aliphatic rings. The van der Waals surface area contributed by atoms with Gasteiger partial charge >= 0.3 is 0 Å². The van der Waals surface area contributed by atoms with Crippen LogP contribution in [0.3, 0.4) is 0 Å². The number of nitriles is 1. The van der Waals surface area contributed by atoms with Gasteiger partial charge in [-0.1, -0.05) is 17.7 Å². The van der Waals surface area contributed by atoms with Crippen molar-refractivity contribution >= 4 is 11.6 Å². The Balaban J connectivity index is 2.45. The lowest BCUT2D eigenvalue weighted by atomic mass is 9.79. The van der Waals surface area contributed by atoms with Gasteiger partial charge in [0, 0.05) is 12.2 Å². The highest BCUT2D eigenvalue weighted by Crippen LogP contribution is 2.45. The average Bonchev–Trinajstić information content (AvgIpc) is 2.87. The molecule has 2 unspecified atom stereocenters. The number of aliphatic hydroxyl groups excluding tert-OH is 1. The third-order valence-electron chi connectivity index (χ3n) is 3.30. The van der Waals surface area contributed by atoms with Crippen LogP contribution >= 0.6 is 11.6 Å². The molecule has 0 bridgehead atoms. The van der Waals surface area contributed by atoms with Crippen LogP contribution in [0.1, 0.15) is 18.1 Å². The minimum Gasteiger partial charge on any atom is -0.496 e. The molecule has 0 spiro atoms. The molecule has 0 amide bonds. The highest BCUT2D eigenvalue weighted by Gasteiger charge is 2.44. The van der Waals surface area contributed by atoms with Crippen molar-refractivity contribution in [1.82, 2.24) is 0 Å². The van der Waals surface area contributed by atoms with Crippen molar-refractivity contribution in [3.05, 3.63) is 28.8 Å². The Kier molecular flexibility index (Phi) is 3.76. The maximum atomic E-state index is 10.5. The highest BCUT2D eigenvalue weighted by atomic mass is 35.5. The number of hydrogen-bond acceptors (Lipinski definition) is 4. The molecule has 1 fully saturated rings. The highest BCUT2D eigenvalue weighted by molar-refractivity contribution is 6.31. The van der Waals surface area contributed by atoms with E-state index >= 15 is 0 Å². The molecule has 2 rings (SSSR count). The summed E-state index contributed by atoms with van der Waals surface area (Å²) in [6, 6.07) is 7.29. The van der Waals surface area contributed by atoms with Crippen LogP contribution in [-0.2, 0) is 4.74 Å². The molecule has 1 aromatic rings. The second-order valence-electron chi connectivity index (χ2n) is 4.33. The molecule has 0 radical (unpaired) electrons. The number of benzene rings is 1. The van der Waals surface area contributed by atoms with E-state index in [1.165, 1.54) is 7.11 Å². The largest absolute Gasteiger partial charge is 0.496 e. The molecule has 2 atom stereocenters. The zero-order valence-electron chi connectivity index (χ0n) is 10.0. The lowest BCUT2D eigenvalue weighted by Crippen LogP contribution is -2.28. The van der Waals surface area contributed by atoms with Crippen molar-refractivity contribution in [2.75, 3.05) is 20.3 Å². The predicted molar refractivity (Wildman–Crippen MR) is 66.4 cm³/mol. The van der Waals surface area contributed by atoms with Gasteiger partial charge in [-0.3, -0.25) is 0 Å².